The van der Waals surface area contributed by atoms with Crippen molar-refractivity contribution in [2.75, 3.05) is 0 Å². The summed E-state index contributed by atoms with van der Waals surface area (Å²) in [5, 5.41) is 0.984. The molecule has 0 aliphatic heterocycles. The van der Waals surface area contributed by atoms with Crippen LogP contribution in [-0.4, -0.2) is 9.36 Å². The largest absolute Gasteiger partial charge is 0.220 e. The topological polar surface area (TPSA) is 25.8 Å². The van der Waals surface area contributed by atoms with E-state index in [0.717, 1.165) is 20.9 Å². The predicted molar refractivity (Wildman–Crippen MR) is 62.5 cm³/mol. The smallest absolute Gasteiger partial charge is 0.144 e. The van der Waals surface area contributed by atoms with Crippen molar-refractivity contribution in [3.63, 3.8) is 0 Å². The van der Waals surface area contributed by atoms with E-state index in [9.17, 15) is 0 Å². The monoisotopic (exact) mass is 268 g/mol. The van der Waals surface area contributed by atoms with E-state index >= 15 is 0 Å². The van der Waals surface area contributed by atoms with Crippen molar-refractivity contribution in [1.82, 2.24) is 9.36 Å². The van der Waals surface area contributed by atoms with Gasteiger partial charge in [0.25, 0.3) is 0 Å². The third kappa shape index (κ3) is 1.86. The average Bonchev–Trinajstić information content (AvgIpc) is 2.57. The number of aryl methyl sites for hydroxylation is 2. The molecule has 0 saturated heterocycles. The lowest BCUT2D eigenvalue weighted by Gasteiger charge is -1.99. The molecule has 0 fully saturated rings. The second-order valence-electron chi connectivity index (χ2n) is 3.11. The second kappa shape index (κ2) is 3.79. The van der Waals surface area contributed by atoms with E-state index in [0.29, 0.717) is 0 Å². The van der Waals surface area contributed by atoms with Gasteiger partial charge in [0.15, 0.2) is 0 Å². The summed E-state index contributed by atoms with van der Waals surface area (Å²) in [6.45, 7) is 3.98. The summed E-state index contributed by atoms with van der Waals surface area (Å²) in [6.07, 6.45) is 0. The number of nitrogens with zero attached hydrogens (tertiary/aromatic N) is 2. The molecule has 0 bridgehead atoms. The zero-order chi connectivity index (χ0) is 10.1. The molecular weight excluding hydrogens is 260 g/mol. The van der Waals surface area contributed by atoms with Crippen LogP contribution in [0.5, 0.6) is 0 Å². The maximum atomic E-state index is 4.34. The number of aromatic nitrogens is 2. The van der Waals surface area contributed by atoms with Crippen LogP contribution < -0.4 is 0 Å². The molecular formula is C10H9BrN2S. The van der Waals surface area contributed by atoms with Crippen LogP contribution in [0, 0.1) is 13.8 Å². The van der Waals surface area contributed by atoms with E-state index in [1.165, 1.54) is 17.1 Å². The Bertz CT molecular complexity index is 465. The summed E-state index contributed by atoms with van der Waals surface area (Å²) < 4.78 is 5.29. The summed E-state index contributed by atoms with van der Waals surface area (Å²) in [7, 11) is 0. The number of hydrogen-bond donors (Lipinski definition) is 0. The zero-order valence-corrected chi connectivity index (χ0v) is 10.3. The molecule has 72 valence electrons. The van der Waals surface area contributed by atoms with Crippen LogP contribution in [0.3, 0.4) is 0 Å². The van der Waals surface area contributed by atoms with Gasteiger partial charge in [-0.15, -0.1) is 0 Å². The minimum Gasteiger partial charge on any atom is -0.220 e. The molecule has 4 heteroatoms. The molecule has 2 rings (SSSR count). The van der Waals surface area contributed by atoms with Gasteiger partial charge in [0, 0.05) is 10.0 Å². The van der Waals surface area contributed by atoms with Crippen LogP contribution in [0.4, 0.5) is 0 Å². The van der Waals surface area contributed by atoms with Gasteiger partial charge in [-0.2, -0.15) is 4.37 Å². The third-order valence-corrected chi connectivity index (χ3v) is 3.68. The molecule has 0 aliphatic carbocycles. The Kier molecular flexibility index (Phi) is 2.65. The highest BCUT2D eigenvalue weighted by Crippen LogP contribution is 2.25. The van der Waals surface area contributed by atoms with Crippen molar-refractivity contribution >= 4 is 27.5 Å². The summed E-state index contributed by atoms with van der Waals surface area (Å²) in [4.78, 5) is 4.34. The summed E-state index contributed by atoms with van der Waals surface area (Å²) >= 11 is 4.92. The Morgan fingerprint density at radius 1 is 1.29 bits per heavy atom. The fourth-order valence-corrected chi connectivity index (χ4v) is 2.10. The normalized spacial score (nSPS) is 10.5. The molecule has 2 aromatic rings. The van der Waals surface area contributed by atoms with Gasteiger partial charge in [0.2, 0.25) is 0 Å². The van der Waals surface area contributed by atoms with E-state index in [-0.39, 0.29) is 0 Å². The average molecular weight is 269 g/mol. The van der Waals surface area contributed by atoms with Gasteiger partial charge < -0.3 is 0 Å². The predicted octanol–water partition coefficient (Wildman–Crippen LogP) is 3.58. The molecule has 0 aliphatic rings. The van der Waals surface area contributed by atoms with Gasteiger partial charge in [-0.25, -0.2) is 4.98 Å². The van der Waals surface area contributed by atoms with Crippen molar-refractivity contribution in [2.45, 2.75) is 13.8 Å². The molecule has 0 spiro atoms. The lowest BCUT2D eigenvalue weighted by Crippen LogP contribution is -1.80. The molecule has 14 heavy (non-hydrogen) atoms. The van der Waals surface area contributed by atoms with Crippen molar-refractivity contribution < 1.29 is 0 Å². The fraction of sp³-hybridized carbons (Fsp3) is 0.200. The number of rotatable bonds is 1. The van der Waals surface area contributed by atoms with Gasteiger partial charge in [0.1, 0.15) is 10.8 Å². The zero-order valence-electron chi connectivity index (χ0n) is 7.91. The van der Waals surface area contributed by atoms with Crippen molar-refractivity contribution in [1.29, 1.82) is 0 Å². The maximum absolute atomic E-state index is 4.34. The van der Waals surface area contributed by atoms with E-state index < -0.39 is 0 Å². The highest BCUT2D eigenvalue weighted by Gasteiger charge is 2.04. The molecule has 0 N–H and O–H groups in total. The molecule has 0 radical (unpaired) electrons. The van der Waals surface area contributed by atoms with E-state index in [2.05, 4.69) is 44.3 Å². The lowest BCUT2D eigenvalue weighted by molar-refractivity contribution is 1.17. The Labute approximate surface area is 95.3 Å². The lowest BCUT2D eigenvalue weighted by atomic mass is 10.1. The van der Waals surface area contributed by atoms with Crippen LogP contribution in [0.1, 0.15) is 11.4 Å². The summed E-state index contributed by atoms with van der Waals surface area (Å²) in [5.41, 5.74) is 2.35. The van der Waals surface area contributed by atoms with Crippen molar-refractivity contribution in [2.24, 2.45) is 0 Å². The van der Waals surface area contributed by atoms with Crippen LogP contribution >= 0.6 is 27.5 Å². The first-order chi connectivity index (χ1) is 6.66. The second-order valence-corrected chi connectivity index (χ2v) is 4.72. The van der Waals surface area contributed by atoms with E-state index in [1.807, 2.05) is 13.0 Å². The first-order valence-electron chi connectivity index (χ1n) is 4.23. The Balaban J connectivity index is 2.47. The summed E-state index contributed by atoms with van der Waals surface area (Å²) in [6, 6.07) is 6.21. The molecule has 0 amide bonds. The first-order valence-corrected chi connectivity index (χ1v) is 5.80. The van der Waals surface area contributed by atoms with Gasteiger partial charge in [-0.1, -0.05) is 22.0 Å². The van der Waals surface area contributed by atoms with E-state index in [1.54, 1.807) is 0 Å². The standard InChI is InChI=1S/C10H9BrN2S/c1-6-5-8(3-4-9(6)11)10-12-7(2)13-14-10/h3-5H,1-2H3. The number of halogens is 1. The van der Waals surface area contributed by atoms with Crippen molar-refractivity contribution in [3.05, 3.63) is 34.1 Å². The Hall–Kier alpha value is -0.740. The van der Waals surface area contributed by atoms with Crippen LogP contribution in [0.15, 0.2) is 22.7 Å². The summed E-state index contributed by atoms with van der Waals surface area (Å²) in [5.74, 6) is 0.838. The molecule has 1 heterocycles. The van der Waals surface area contributed by atoms with Crippen LogP contribution in [-0.2, 0) is 0 Å². The maximum Gasteiger partial charge on any atom is 0.144 e. The fourth-order valence-electron chi connectivity index (χ4n) is 1.19. The Morgan fingerprint density at radius 2 is 2.07 bits per heavy atom. The first kappa shape index (κ1) is 9.80. The molecule has 0 saturated carbocycles. The van der Waals surface area contributed by atoms with E-state index in [4.69, 9.17) is 0 Å². The highest BCUT2D eigenvalue weighted by molar-refractivity contribution is 9.10. The minimum absolute atomic E-state index is 0.838. The molecule has 0 atom stereocenters. The highest BCUT2D eigenvalue weighted by atomic mass is 79.9. The Morgan fingerprint density at radius 3 is 2.64 bits per heavy atom. The van der Waals surface area contributed by atoms with Crippen LogP contribution in [0.25, 0.3) is 10.6 Å². The van der Waals surface area contributed by atoms with Crippen LogP contribution in [0.2, 0.25) is 0 Å². The molecule has 2 nitrogen and oxygen atoms in total. The molecule has 1 aromatic heterocycles. The number of hydrogen-bond acceptors (Lipinski definition) is 3. The van der Waals surface area contributed by atoms with Gasteiger partial charge in [0.05, 0.1) is 0 Å². The third-order valence-electron chi connectivity index (χ3n) is 1.93. The van der Waals surface area contributed by atoms with Gasteiger partial charge in [-0.3, -0.25) is 0 Å². The van der Waals surface area contributed by atoms with Crippen molar-refractivity contribution in [3.8, 4) is 10.6 Å². The quantitative estimate of drug-likeness (QED) is 0.790. The number of benzene rings is 1. The van der Waals surface area contributed by atoms with Gasteiger partial charge >= 0.3 is 0 Å². The molecule has 0 unspecified atom stereocenters. The SMILES string of the molecule is Cc1nsc(-c2ccc(Br)c(C)c2)n1. The molecule has 1 aromatic carbocycles. The van der Waals surface area contributed by atoms with Gasteiger partial charge in [-0.05, 0) is 43.1 Å². The minimum atomic E-state index is 0.838.